The molecule has 1 heterocycles. The molecule has 29 heavy (non-hydrogen) atoms. The molecule has 1 aromatic carbocycles. The van der Waals surface area contributed by atoms with E-state index >= 15 is 0 Å². The van der Waals surface area contributed by atoms with Crippen molar-refractivity contribution in [1.82, 2.24) is 4.90 Å². The summed E-state index contributed by atoms with van der Waals surface area (Å²) in [5.41, 5.74) is 0.660. The van der Waals surface area contributed by atoms with Crippen LogP contribution in [0.1, 0.15) is 39.7 Å². The van der Waals surface area contributed by atoms with Crippen LogP contribution in [0.4, 0.5) is 4.79 Å². The maximum atomic E-state index is 12.7. The van der Waals surface area contributed by atoms with Gasteiger partial charge < -0.3 is 14.2 Å². The Bertz CT molecular complexity index is 841. The number of thioether (sulfide) groups is 1. The van der Waals surface area contributed by atoms with E-state index in [2.05, 4.69) is 20.7 Å². The molecule has 0 bridgehead atoms. The molecule has 1 aliphatic rings. The van der Waals surface area contributed by atoms with Gasteiger partial charge in [0.25, 0.3) is 11.1 Å². The monoisotopic (exact) mass is 485 g/mol. The molecule has 2 atom stereocenters. The minimum atomic E-state index is -0.990. The zero-order valence-corrected chi connectivity index (χ0v) is 19.4. The molecule has 158 valence electrons. The summed E-state index contributed by atoms with van der Waals surface area (Å²) in [4.78, 5) is 37.8. The predicted molar refractivity (Wildman–Crippen MR) is 115 cm³/mol. The van der Waals surface area contributed by atoms with E-state index in [-0.39, 0.29) is 11.0 Å². The van der Waals surface area contributed by atoms with Gasteiger partial charge in [-0.3, -0.25) is 14.5 Å². The number of hydrogen-bond acceptors (Lipinski definition) is 7. The van der Waals surface area contributed by atoms with Crippen molar-refractivity contribution < 1.29 is 28.6 Å². The van der Waals surface area contributed by atoms with Crippen molar-refractivity contribution in [1.29, 1.82) is 0 Å². The molecule has 0 N–H and O–H groups in total. The first-order valence-electron chi connectivity index (χ1n) is 9.21. The first-order valence-corrected chi connectivity index (χ1v) is 10.8. The number of rotatable bonds is 8. The van der Waals surface area contributed by atoms with E-state index in [1.54, 1.807) is 18.2 Å². The Kier molecular flexibility index (Phi) is 8.15. The van der Waals surface area contributed by atoms with Crippen LogP contribution in [-0.2, 0) is 14.3 Å². The molecule has 2 rings (SSSR count). The van der Waals surface area contributed by atoms with Crippen molar-refractivity contribution in [2.45, 2.75) is 46.3 Å². The van der Waals surface area contributed by atoms with E-state index in [4.69, 9.17) is 9.47 Å². The van der Waals surface area contributed by atoms with Crippen LogP contribution in [-0.4, -0.2) is 47.9 Å². The van der Waals surface area contributed by atoms with Gasteiger partial charge >= 0.3 is 5.97 Å². The van der Waals surface area contributed by atoms with E-state index in [1.165, 1.54) is 14.0 Å². The van der Waals surface area contributed by atoms with Crippen LogP contribution < -0.4 is 9.47 Å². The maximum Gasteiger partial charge on any atom is 0.328 e. The third-order valence-electron chi connectivity index (χ3n) is 4.28. The number of ether oxygens (including phenoxy) is 3. The number of esters is 1. The van der Waals surface area contributed by atoms with Crippen LogP contribution >= 0.6 is 27.7 Å². The number of halogens is 1. The van der Waals surface area contributed by atoms with Crippen molar-refractivity contribution in [3.8, 4) is 11.5 Å². The molecular weight excluding hydrogens is 462 g/mol. The van der Waals surface area contributed by atoms with Crippen LogP contribution in [0, 0.1) is 0 Å². The molecule has 0 spiro atoms. The fraction of sp³-hybridized carbons (Fsp3) is 0.450. The summed E-state index contributed by atoms with van der Waals surface area (Å²) in [6.45, 7) is 7.76. The number of hydrogen-bond donors (Lipinski definition) is 0. The lowest BCUT2D eigenvalue weighted by Gasteiger charge is -2.19. The lowest BCUT2D eigenvalue weighted by molar-refractivity contribution is -0.148. The minimum absolute atomic E-state index is 0.00710. The summed E-state index contributed by atoms with van der Waals surface area (Å²) in [5, 5.41) is -0.514. The first kappa shape index (κ1) is 23.3. The second kappa shape index (κ2) is 10.2. The molecule has 0 radical (unpaired) electrons. The fourth-order valence-electron chi connectivity index (χ4n) is 2.57. The van der Waals surface area contributed by atoms with Gasteiger partial charge in [0.15, 0.2) is 11.5 Å². The SMILES string of the molecule is CCOc1cc(/C=C2/SC(=O)N([C@H](C)C(=O)OC)C2=O)cc(Br)c1O[C@H](C)CC. The molecule has 7 nitrogen and oxygen atoms in total. The summed E-state index contributed by atoms with van der Waals surface area (Å²) in [6.07, 6.45) is 2.44. The van der Waals surface area contributed by atoms with Gasteiger partial charge in [-0.2, -0.15) is 0 Å². The van der Waals surface area contributed by atoms with Gasteiger partial charge in [0.1, 0.15) is 6.04 Å². The zero-order valence-electron chi connectivity index (χ0n) is 17.0. The number of imide groups is 1. The predicted octanol–water partition coefficient (Wildman–Crippen LogP) is 4.62. The van der Waals surface area contributed by atoms with Gasteiger partial charge in [-0.05, 0) is 78.7 Å². The average molecular weight is 486 g/mol. The maximum absolute atomic E-state index is 12.7. The number of carbonyl (C=O) groups excluding carboxylic acids is 3. The highest BCUT2D eigenvalue weighted by Gasteiger charge is 2.41. The fourth-order valence-corrected chi connectivity index (χ4v) is 4.04. The van der Waals surface area contributed by atoms with Gasteiger partial charge in [0, 0.05) is 0 Å². The molecule has 1 saturated heterocycles. The third-order valence-corrected chi connectivity index (χ3v) is 5.75. The molecule has 0 unspecified atom stereocenters. The summed E-state index contributed by atoms with van der Waals surface area (Å²) in [5.74, 6) is -0.0604. The van der Waals surface area contributed by atoms with Crippen LogP contribution in [0.25, 0.3) is 6.08 Å². The molecule has 1 fully saturated rings. The minimum Gasteiger partial charge on any atom is -0.490 e. The molecule has 2 amide bonds. The quantitative estimate of drug-likeness (QED) is 0.392. The second-order valence-electron chi connectivity index (χ2n) is 6.35. The van der Waals surface area contributed by atoms with Gasteiger partial charge in [-0.25, -0.2) is 4.79 Å². The van der Waals surface area contributed by atoms with Crippen LogP contribution in [0.3, 0.4) is 0 Å². The lowest BCUT2D eigenvalue weighted by atomic mass is 10.1. The Balaban J connectivity index is 2.37. The summed E-state index contributed by atoms with van der Waals surface area (Å²) in [6, 6.07) is 2.55. The number of carbonyl (C=O) groups is 3. The van der Waals surface area contributed by atoms with Gasteiger partial charge in [-0.15, -0.1) is 0 Å². The second-order valence-corrected chi connectivity index (χ2v) is 8.20. The third kappa shape index (κ3) is 5.33. The van der Waals surface area contributed by atoms with E-state index in [0.29, 0.717) is 28.1 Å². The summed E-state index contributed by atoms with van der Waals surface area (Å²) >= 11 is 4.28. The Morgan fingerprint density at radius 2 is 1.97 bits per heavy atom. The van der Waals surface area contributed by atoms with Crippen LogP contribution in [0.15, 0.2) is 21.5 Å². The standard InChI is InChI=1S/C20H24BrNO6S/c1-6-11(3)28-17-14(21)8-13(9-15(17)27-7-2)10-16-18(23)22(20(25)29-16)12(4)19(24)26-5/h8-12H,6-7H2,1-5H3/b16-10+/t11-,12-/m1/s1. The molecule has 9 heteroatoms. The Morgan fingerprint density at radius 1 is 1.28 bits per heavy atom. The number of benzene rings is 1. The molecule has 1 aliphatic heterocycles. The summed E-state index contributed by atoms with van der Waals surface area (Å²) < 4.78 is 17.0. The highest BCUT2D eigenvalue weighted by Crippen LogP contribution is 2.40. The highest BCUT2D eigenvalue weighted by molar-refractivity contribution is 9.10. The molecule has 0 saturated carbocycles. The van der Waals surface area contributed by atoms with Crippen molar-refractivity contribution in [3.63, 3.8) is 0 Å². The van der Waals surface area contributed by atoms with E-state index in [0.717, 1.165) is 23.1 Å². The Hall–Kier alpha value is -2.00. The normalized spacial score (nSPS) is 17.4. The topological polar surface area (TPSA) is 82.1 Å². The van der Waals surface area contributed by atoms with Gasteiger partial charge in [-0.1, -0.05) is 6.92 Å². The average Bonchev–Trinajstić information content (AvgIpc) is 2.96. The number of methoxy groups -OCH3 is 1. The number of amides is 2. The van der Waals surface area contributed by atoms with Crippen molar-refractivity contribution >= 4 is 50.9 Å². The lowest BCUT2D eigenvalue weighted by Crippen LogP contribution is -2.42. The van der Waals surface area contributed by atoms with Gasteiger partial charge in [0.2, 0.25) is 0 Å². The highest BCUT2D eigenvalue weighted by atomic mass is 79.9. The van der Waals surface area contributed by atoms with Crippen molar-refractivity contribution in [2.24, 2.45) is 0 Å². The zero-order chi connectivity index (χ0) is 21.7. The van der Waals surface area contributed by atoms with E-state index < -0.39 is 23.2 Å². The largest absolute Gasteiger partial charge is 0.490 e. The van der Waals surface area contributed by atoms with E-state index in [1.807, 2.05) is 20.8 Å². The molecule has 1 aromatic rings. The molecule has 0 aromatic heterocycles. The Morgan fingerprint density at radius 3 is 2.55 bits per heavy atom. The smallest absolute Gasteiger partial charge is 0.328 e. The van der Waals surface area contributed by atoms with Crippen LogP contribution in [0.2, 0.25) is 0 Å². The van der Waals surface area contributed by atoms with Gasteiger partial charge in [0.05, 0.1) is 29.2 Å². The van der Waals surface area contributed by atoms with Crippen molar-refractivity contribution in [2.75, 3.05) is 13.7 Å². The Labute approximate surface area is 182 Å². The summed E-state index contributed by atoms with van der Waals surface area (Å²) in [7, 11) is 1.21. The molecular formula is C20H24BrNO6S. The van der Waals surface area contributed by atoms with E-state index in [9.17, 15) is 14.4 Å². The van der Waals surface area contributed by atoms with Crippen molar-refractivity contribution in [3.05, 3.63) is 27.1 Å². The molecule has 0 aliphatic carbocycles. The van der Waals surface area contributed by atoms with Crippen LogP contribution in [0.5, 0.6) is 11.5 Å². The first-order chi connectivity index (χ1) is 13.7. The number of nitrogens with zero attached hydrogens (tertiary/aromatic N) is 1.